The van der Waals surface area contributed by atoms with Gasteiger partial charge >= 0.3 is 0 Å². The predicted molar refractivity (Wildman–Crippen MR) is 72.7 cm³/mol. The summed E-state index contributed by atoms with van der Waals surface area (Å²) in [4.78, 5) is 0. The monoisotopic (exact) mass is 294 g/mol. The maximum absolute atomic E-state index is 7.07. The van der Waals surface area contributed by atoms with E-state index in [9.17, 15) is 0 Å². The Morgan fingerprint density at radius 2 is 1.76 bits per heavy atom. The maximum atomic E-state index is 7.07. The predicted octanol–water partition coefficient (Wildman–Crippen LogP) is 4.13. The molecule has 0 heterocycles. The summed E-state index contributed by atoms with van der Waals surface area (Å²) in [5.74, 6) is 0.633. The standard InChI is InChI=1S/C11H13Cl3N2O/c12-7-5-8(13)11(9(14)6-7)17-4-2-1-3-10(15)16/h5-6H,1-4H2,(H3,15,16). The number of unbranched alkanes of at least 4 members (excludes halogenated alkanes) is 1. The van der Waals surface area contributed by atoms with E-state index in [1.807, 2.05) is 0 Å². The highest BCUT2D eigenvalue weighted by atomic mass is 35.5. The van der Waals surface area contributed by atoms with Crippen molar-refractivity contribution in [3.63, 3.8) is 0 Å². The van der Waals surface area contributed by atoms with Gasteiger partial charge in [0, 0.05) is 11.4 Å². The number of amidine groups is 1. The summed E-state index contributed by atoms with van der Waals surface area (Å²) in [5.41, 5.74) is 5.24. The van der Waals surface area contributed by atoms with Gasteiger partial charge in [0.05, 0.1) is 22.5 Å². The van der Waals surface area contributed by atoms with Gasteiger partial charge in [0.25, 0.3) is 0 Å². The molecule has 1 rings (SSSR count). The van der Waals surface area contributed by atoms with Crippen LogP contribution in [0.3, 0.4) is 0 Å². The van der Waals surface area contributed by atoms with Crippen LogP contribution in [0.5, 0.6) is 5.75 Å². The summed E-state index contributed by atoms with van der Waals surface area (Å²) in [6.45, 7) is 0.481. The van der Waals surface area contributed by atoms with Crippen LogP contribution >= 0.6 is 34.8 Å². The second-order valence-electron chi connectivity index (χ2n) is 3.53. The largest absolute Gasteiger partial charge is 0.490 e. The molecule has 0 fully saturated rings. The number of rotatable bonds is 6. The molecule has 0 spiro atoms. The van der Waals surface area contributed by atoms with Crippen molar-refractivity contribution in [3.8, 4) is 5.75 Å². The molecule has 1 aromatic carbocycles. The Labute approximate surface area is 115 Å². The van der Waals surface area contributed by atoms with Gasteiger partial charge in [-0.15, -0.1) is 0 Å². The summed E-state index contributed by atoms with van der Waals surface area (Å²) in [6.07, 6.45) is 2.17. The summed E-state index contributed by atoms with van der Waals surface area (Å²) < 4.78 is 5.47. The summed E-state index contributed by atoms with van der Waals surface area (Å²) in [6, 6.07) is 3.17. The SMILES string of the molecule is N=C(N)CCCCOc1c(Cl)cc(Cl)cc1Cl. The third-order valence-corrected chi connectivity index (χ3v) is 2.83. The third kappa shape index (κ3) is 5.02. The van der Waals surface area contributed by atoms with Crippen molar-refractivity contribution in [2.24, 2.45) is 5.73 Å². The molecule has 0 bridgehead atoms. The van der Waals surface area contributed by atoms with Crippen LogP contribution in [0.15, 0.2) is 12.1 Å². The molecule has 3 nitrogen and oxygen atoms in total. The normalized spacial score (nSPS) is 10.3. The highest BCUT2D eigenvalue weighted by Crippen LogP contribution is 2.35. The molecular weight excluding hydrogens is 282 g/mol. The average molecular weight is 296 g/mol. The first kappa shape index (κ1) is 14.4. The minimum absolute atomic E-state index is 0.188. The number of ether oxygens (including phenoxy) is 1. The molecule has 1 aromatic rings. The molecule has 17 heavy (non-hydrogen) atoms. The number of hydrogen-bond donors (Lipinski definition) is 2. The van der Waals surface area contributed by atoms with Crippen molar-refractivity contribution in [2.75, 3.05) is 6.61 Å². The van der Waals surface area contributed by atoms with Gasteiger partial charge in [-0.05, 0) is 25.0 Å². The van der Waals surface area contributed by atoms with E-state index in [-0.39, 0.29) is 5.84 Å². The quantitative estimate of drug-likeness (QED) is 0.471. The van der Waals surface area contributed by atoms with Gasteiger partial charge in [0.15, 0.2) is 5.75 Å². The highest BCUT2D eigenvalue weighted by molar-refractivity contribution is 6.40. The lowest BCUT2D eigenvalue weighted by Crippen LogP contribution is -2.09. The Bertz CT molecular complexity index is 387. The second-order valence-corrected chi connectivity index (χ2v) is 4.78. The van der Waals surface area contributed by atoms with E-state index in [4.69, 9.17) is 50.7 Å². The van der Waals surface area contributed by atoms with Crippen molar-refractivity contribution in [1.82, 2.24) is 0 Å². The second kappa shape index (κ2) is 6.94. The molecule has 0 atom stereocenters. The minimum atomic E-state index is 0.188. The first-order chi connectivity index (χ1) is 8.00. The Morgan fingerprint density at radius 1 is 1.18 bits per heavy atom. The van der Waals surface area contributed by atoms with E-state index in [0.29, 0.717) is 33.8 Å². The van der Waals surface area contributed by atoms with Crippen LogP contribution in [0.4, 0.5) is 0 Å². The fourth-order valence-electron chi connectivity index (χ4n) is 1.26. The molecule has 0 saturated heterocycles. The zero-order valence-electron chi connectivity index (χ0n) is 9.10. The molecule has 0 radical (unpaired) electrons. The minimum Gasteiger partial charge on any atom is -0.490 e. The number of benzene rings is 1. The van der Waals surface area contributed by atoms with E-state index in [2.05, 4.69) is 0 Å². The van der Waals surface area contributed by atoms with E-state index < -0.39 is 0 Å². The third-order valence-electron chi connectivity index (χ3n) is 2.05. The first-order valence-corrected chi connectivity index (χ1v) is 6.24. The van der Waals surface area contributed by atoms with Crippen molar-refractivity contribution in [3.05, 3.63) is 27.2 Å². The first-order valence-electron chi connectivity index (χ1n) is 5.11. The Morgan fingerprint density at radius 3 is 2.29 bits per heavy atom. The number of nitrogens with two attached hydrogens (primary N) is 1. The summed E-state index contributed by atoms with van der Waals surface area (Å²) in [5, 5.41) is 8.34. The van der Waals surface area contributed by atoms with Gasteiger partial charge < -0.3 is 10.5 Å². The summed E-state index contributed by atoms with van der Waals surface area (Å²) >= 11 is 17.7. The molecule has 0 saturated carbocycles. The Kier molecular flexibility index (Phi) is 5.89. The molecule has 0 aromatic heterocycles. The van der Waals surface area contributed by atoms with Gasteiger partial charge in [-0.2, -0.15) is 0 Å². The fraction of sp³-hybridized carbons (Fsp3) is 0.364. The van der Waals surface area contributed by atoms with Crippen molar-refractivity contribution in [2.45, 2.75) is 19.3 Å². The zero-order valence-corrected chi connectivity index (χ0v) is 11.4. The molecule has 0 aliphatic rings. The van der Waals surface area contributed by atoms with Crippen LogP contribution < -0.4 is 10.5 Å². The van der Waals surface area contributed by atoms with Crippen LogP contribution in [0.1, 0.15) is 19.3 Å². The number of hydrogen-bond acceptors (Lipinski definition) is 2. The smallest absolute Gasteiger partial charge is 0.156 e. The lowest BCUT2D eigenvalue weighted by molar-refractivity contribution is 0.308. The molecular formula is C11H13Cl3N2O. The molecule has 94 valence electrons. The van der Waals surface area contributed by atoms with Gasteiger partial charge in [0.1, 0.15) is 0 Å². The van der Waals surface area contributed by atoms with E-state index >= 15 is 0 Å². The van der Waals surface area contributed by atoms with E-state index in [1.54, 1.807) is 12.1 Å². The molecule has 3 N–H and O–H groups in total. The topological polar surface area (TPSA) is 59.1 Å². The van der Waals surface area contributed by atoms with Crippen molar-refractivity contribution in [1.29, 1.82) is 5.41 Å². The van der Waals surface area contributed by atoms with Crippen molar-refractivity contribution >= 4 is 40.6 Å². The van der Waals surface area contributed by atoms with Crippen molar-refractivity contribution < 1.29 is 4.74 Å². The molecule has 0 unspecified atom stereocenters. The van der Waals surface area contributed by atoms with Gasteiger partial charge in [-0.25, -0.2) is 0 Å². The van der Waals surface area contributed by atoms with Crippen LogP contribution in [-0.2, 0) is 0 Å². The fourth-order valence-corrected chi connectivity index (χ4v) is 2.18. The van der Waals surface area contributed by atoms with Crippen LogP contribution in [0, 0.1) is 5.41 Å². The number of halogens is 3. The molecule has 0 aliphatic heterocycles. The van der Waals surface area contributed by atoms with Crippen LogP contribution in [0.2, 0.25) is 15.1 Å². The lowest BCUT2D eigenvalue weighted by Gasteiger charge is -2.10. The van der Waals surface area contributed by atoms with Crippen LogP contribution in [-0.4, -0.2) is 12.4 Å². The summed E-state index contributed by atoms with van der Waals surface area (Å²) in [7, 11) is 0. The van der Waals surface area contributed by atoms with Gasteiger partial charge in [0.2, 0.25) is 0 Å². The zero-order chi connectivity index (χ0) is 12.8. The van der Waals surface area contributed by atoms with Crippen LogP contribution in [0.25, 0.3) is 0 Å². The Hall–Kier alpha value is -0.640. The highest BCUT2D eigenvalue weighted by Gasteiger charge is 2.08. The molecule has 0 aliphatic carbocycles. The average Bonchev–Trinajstić information content (AvgIpc) is 2.20. The Balaban J connectivity index is 2.44. The maximum Gasteiger partial charge on any atom is 0.156 e. The molecule has 0 amide bonds. The van der Waals surface area contributed by atoms with E-state index in [0.717, 1.165) is 12.8 Å². The van der Waals surface area contributed by atoms with E-state index in [1.165, 1.54) is 0 Å². The lowest BCUT2D eigenvalue weighted by atomic mass is 10.2. The molecule has 6 heteroatoms. The van der Waals surface area contributed by atoms with Gasteiger partial charge in [-0.3, -0.25) is 5.41 Å². The number of nitrogens with one attached hydrogen (secondary N) is 1. The van der Waals surface area contributed by atoms with Gasteiger partial charge in [-0.1, -0.05) is 34.8 Å².